The molecule has 1 fully saturated rings. The number of hydrogen-bond donors (Lipinski definition) is 0. The van der Waals surface area contributed by atoms with Crippen LogP contribution in [0.5, 0.6) is 0 Å². The molecule has 0 bridgehead atoms. The number of para-hydroxylation sites is 1. The Bertz CT molecular complexity index is 1010. The van der Waals surface area contributed by atoms with Crippen molar-refractivity contribution in [3.63, 3.8) is 0 Å². The first-order valence-corrected chi connectivity index (χ1v) is 10.1. The Balaban J connectivity index is 1.83. The lowest BCUT2D eigenvalue weighted by Gasteiger charge is -2.40. The maximum atomic E-state index is 13.7. The summed E-state index contributed by atoms with van der Waals surface area (Å²) in [4.78, 5) is 31.1. The SMILES string of the molecule is Cc1ccc(N2C(=O)CN(c3c(C)cccc3C)C(=O)[C@@H]2c2cccs2)cc1. The van der Waals surface area contributed by atoms with Gasteiger partial charge in [0.15, 0.2) is 6.04 Å². The number of amides is 2. The van der Waals surface area contributed by atoms with Crippen LogP contribution in [0.2, 0.25) is 0 Å². The van der Waals surface area contributed by atoms with Crippen LogP contribution in [0.1, 0.15) is 27.6 Å². The average Bonchev–Trinajstić information content (AvgIpc) is 3.19. The number of carbonyl (C=O) groups excluding carboxylic acids is 2. The Morgan fingerprint density at radius 1 is 0.893 bits per heavy atom. The third-order valence-corrected chi connectivity index (χ3v) is 6.08. The fraction of sp³-hybridized carbons (Fsp3) is 0.217. The Morgan fingerprint density at radius 2 is 1.57 bits per heavy atom. The van der Waals surface area contributed by atoms with Gasteiger partial charge >= 0.3 is 0 Å². The molecule has 4 rings (SSSR count). The first-order valence-electron chi connectivity index (χ1n) is 9.27. The summed E-state index contributed by atoms with van der Waals surface area (Å²) < 4.78 is 0. The summed E-state index contributed by atoms with van der Waals surface area (Å²) in [6.45, 7) is 6.01. The van der Waals surface area contributed by atoms with Crippen LogP contribution < -0.4 is 9.80 Å². The number of anilines is 2. The van der Waals surface area contributed by atoms with E-state index in [-0.39, 0.29) is 18.4 Å². The van der Waals surface area contributed by atoms with Crippen molar-refractivity contribution in [3.8, 4) is 0 Å². The third-order valence-electron chi connectivity index (χ3n) is 5.15. The van der Waals surface area contributed by atoms with Crippen LogP contribution in [0.25, 0.3) is 0 Å². The quantitative estimate of drug-likeness (QED) is 0.645. The molecule has 5 heteroatoms. The molecular formula is C23H22N2O2S. The molecule has 0 spiro atoms. The summed E-state index contributed by atoms with van der Waals surface area (Å²) in [6, 6.07) is 16.9. The lowest BCUT2D eigenvalue weighted by molar-refractivity contribution is -0.128. The second-order valence-electron chi connectivity index (χ2n) is 7.18. The van der Waals surface area contributed by atoms with Gasteiger partial charge in [-0.1, -0.05) is 42.0 Å². The molecular weight excluding hydrogens is 368 g/mol. The molecule has 1 aliphatic heterocycles. The van der Waals surface area contributed by atoms with Crippen molar-refractivity contribution in [1.82, 2.24) is 0 Å². The largest absolute Gasteiger partial charge is 0.300 e. The van der Waals surface area contributed by atoms with Gasteiger partial charge in [-0.05, 0) is 55.5 Å². The summed E-state index contributed by atoms with van der Waals surface area (Å²) in [5.74, 6) is -0.149. The molecule has 3 aromatic rings. The molecule has 1 saturated heterocycles. The van der Waals surface area contributed by atoms with Gasteiger partial charge in [-0.25, -0.2) is 0 Å². The van der Waals surface area contributed by atoms with Crippen LogP contribution in [-0.4, -0.2) is 18.4 Å². The van der Waals surface area contributed by atoms with Gasteiger partial charge in [0, 0.05) is 10.6 Å². The van der Waals surface area contributed by atoms with Gasteiger partial charge in [0.05, 0.1) is 5.69 Å². The normalized spacial score (nSPS) is 17.3. The molecule has 0 radical (unpaired) electrons. The van der Waals surface area contributed by atoms with Gasteiger partial charge in [0.2, 0.25) is 5.91 Å². The Hall–Kier alpha value is -2.92. The van der Waals surface area contributed by atoms with E-state index in [1.54, 1.807) is 9.80 Å². The van der Waals surface area contributed by atoms with Crippen LogP contribution in [0.4, 0.5) is 11.4 Å². The number of hydrogen-bond acceptors (Lipinski definition) is 3. The molecule has 1 aromatic heterocycles. The van der Waals surface area contributed by atoms with E-state index in [1.807, 2.05) is 80.7 Å². The van der Waals surface area contributed by atoms with E-state index in [2.05, 4.69) is 0 Å². The molecule has 2 amide bonds. The molecule has 2 heterocycles. The van der Waals surface area contributed by atoms with Crippen molar-refractivity contribution < 1.29 is 9.59 Å². The zero-order valence-electron chi connectivity index (χ0n) is 16.2. The molecule has 28 heavy (non-hydrogen) atoms. The maximum Gasteiger partial charge on any atom is 0.256 e. The highest BCUT2D eigenvalue weighted by atomic mass is 32.1. The van der Waals surface area contributed by atoms with E-state index in [9.17, 15) is 9.59 Å². The monoisotopic (exact) mass is 390 g/mol. The summed E-state index contributed by atoms with van der Waals surface area (Å²) >= 11 is 1.50. The number of rotatable bonds is 3. The number of thiophene rings is 1. The lowest BCUT2D eigenvalue weighted by atomic mass is 10.0. The zero-order valence-corrected chi connectivity index (χ0v) is 17.0. The molecule has 4 nitrogen and oxygen atoms in total. The van der Waals surface area contributed by atoms with Crippen LogP contribution in [0.3, 0.4) is 0 Å². The number of piperazine rings is 1. The number of aryl methyl sites for hydroxylation is 3. The smallest absolute Gasteiger partial charge is 0.256 e. The first-order chi connectivity index (χ1) is 13.5. The summed E-state index contributed by atoms with van der Waals surface area (Å²) in [6.07, 6.45) is 0. The second kappa shape index (κ2) is 7.24. The molecule has 0 unspecified atom stereocenters. The number of benzene rings is 2. The van der Waals surface area contributed by atoms with Crippen LogP contribution in [0.15, 0.2) is 60.0 Å². The molecule has 0 aliphatic carbocycles. The van der Waals surface area contributed by atoms with Gasteiger partial charge in [0.1, 0.15) is 6.54 Å². The van der Waals surface area contributed by atoms with E-state index < -0.39 is 6.04 Å². The Labute approximate surface area is 169 Å². The third kappa shape index (κ3) is 3.12. The standard InChI is InChI=1S/C23H22N2O2S/c1-15-9-11-18(12-10-15)25-20(26)14-24(21-16(2)6-4-7-17(21)3)23(27)22(25)19-8-5-13-28-19/h4-13,22H,14H2,1-3H3/t22-/m0/s1. The minimum Gasteiger partial charge on any atom is -0.300 e. The number of carbonyl (C=O) groups is 2. The Morgan fingerprint density at radius 3 is 2.18 bits per heavy atom. The second-order valence-corrected chi connectivity index (χ2v) is 8.16. The molecule has 1 aliphatic rings. The van der Waals surface area contributed by atoms with Gasteiger partial charge in [-0.2, -0.15) is 0 Å². The summed E-state index contributed by atoms with van der Waals surface area (Å²) in [5.41, 5.74) is 4.70. The first kappa shape index (κ1) is 18.4. The van der Waals surface area contributed by atoms with Gasteiger partial charge in [-0.3, -0.25) is 14.5 Å². The molecule has 1 atom stereocenters. The minimum absolute atomic E-state index is 0.0419. The molecule has 0 N–H and O–H groups in total. The average molecular weight is 391 g/mol. The van der Waals surface area contributed by atoms with Crippen molar-refractivity contribution in [3.05, 3.63) is 81.5 Å². The Kier molecular flexibility index (Phi) is 4.77. The molecule has 142 valence electrons. The van der Waals surface area contributed by atoms with E-state index in [4.69, 9.17) is 0 Å². The van der Waals surface area contributed by atoms with Gasteiger partial charge < -0.3 is 4.90 Å². The highest BCUT2D eigenvalue weighted by molar-refractivity contribution is 7.10. The van der Waals surface area contributed by atoms with Crippen LogP contribution in [-0.2, 0) is 9.59 Å². The van der Waals surface area contributed by atoms with Crippen molar-refractivity contribution in [2.45, 2.75) is 26.8 Å². The van der Waals surface area contributed by atoms with Crippen LogP contribution in [0, 0.1) is 20.8 Å². The predicted octanol–water partition coefficient (Wildman–Crippen LogP) is 4.79. The number of nitrogens with zero attached hydrogens (tertiary/aromatic N) is 2. The van der Waals surface area contributed by atoms with Crippen molar-refractivity contribution in [2.24, 2.45) is 0 Å². The zero-order chi connectivity index (χ0) is 19.8. The summed E-state index contributed by atoms with van der Waals surface area (Å²) in [5, 5.41) is 1.94. The fourth-order valence-electron chi connectivity index (χ4n) is 3.81. The van der Waals surface area contributed by atoms with Crippen LogP contribution >= 0.6 is 11.3 Å². The van der Waals surface area contributed by atoms with E-state index in [0.29, 0.717) is 0 Å². The fourth-order valence-corrected chi connectivity index (χ4v) is 4.61. The minimum atomic E-state index is -0.650. The van der Waals surface area contributed by atoms with Crippen molar-refractivity contribution >= 4 is 34.5 Å². The highest BCUT2D eigenvalue weighted by Crippen LogP contribution is 2.38. The summed E-state index contributed by atoms with van der Waals surface area (Å²) in [7, 11) is 0. The molecule has 0 saturated carbocycles. The highest BCUT2D eigenvalue weighted by Gasteiger charge is 2.43. The maximum absolute atomic E-state index is 13.7. The topological polar surface area (TPSA) is 40.6 Å². The van der Waals surface area contributed by atoms with E-state index in [0.717, 1.165) is 32.9 Å². The van der Waals surface area contributed by atoms with Crippen molar-refractivity contribution in [2.75, 3.05) is 16.3 Å². The van der Waals surface area contributed by atoms with E-state index >= 15 is 0 Å². The van der Waals surface area contributed by atoms with Gasteiger partial charge in [0.25, 0.3) is 5.91 Å². The van der Waals surface area contributed by atoms with Crippen molar-refractivity contribution in [1.29, 1.82) is 0 Å². The lowest BCUT2D eigenvalue weighted by Crippen LogP contribution is -2.56. The van der Waals surface area contributed by atoms with Gasteiger partial charge in [-0.15, -0.1) is 11.3 Å². The van der Waals surface area contributed by atoms with E-state index in [1.165, 1.54) is 11.3 Å². The predicted molar refractivity (Wildman–Crippen MR) is 114 cm³/mol. The molecule has 2 aromatic carbocycles.